The smallest absolute Gasteiger partial charge is 0.0613 e. The highest BCUT2D eigenvalue weighted by atomic mass is 15.0. The molecule has 2 aliphatic rings. The lowest BCUT2D eigenvalue weighted by atomic mass is 10.2. The first-order valence-corrected chi connectivity index (χ1v) is 5.10. The van der Waals surface area contributed by atoms with E-state index >= 15 is 0 Å². The van der Waals surface area contributed by atoms with E-state index in [0.29, 0.717) is 0 Å². The van der Waals surface area contributed by atoms with Crippen LogP contribution in [0.25, 0.3) is 39.1 Å². The fraction of sp³-hybridized carbons (Fsp3) is 0. The maximum atomic E-state index is 3.90. The molecule has 1 aromatic heterocycles. The van der Waals surface area contributed by atoms with Crippen LogP contribution >= 0.6 is 0 Å². The normalized spacial score (nSPS) is 12.3. The summed E-state index contributed by atoms with van der Waals surface area (Å²) in [7, 11) is 0. The van der Waals surface area contributed by atoms with E-state index in [9.17, 15) is 0 Å². The average molecular weight is 191 g/mol. The van der Waals surface area contributed by atoms with Gasteiger partial charge in [0.15, 0.2) is 0 Å². The van der Waals surface area contributed by atoms with Crippen LogP contribution in [0.2, 0.25) is 0 Å². The number of benzene rings is 2. The number of aromatic nitrogens is 1. The van der Waals surface area contributed by atoms with Crippen LogP contribution in [0.5, 0.6) is 0 Å². The summed E-state index contributed by atoms with van der Waals surface area (Å²) < 4.78 is 2.19. The maximum Gasteiger partial charge on any atom is 0.0613 e. The van der Waals surface area contributed by atoms with Crippen LogP contribution in [0.4, 0.5) is 0 Å². The number of fused-ring (bicyclic) bond motifs is 5. The summed E-state index contributed by atoms with van der Waals surface area (Å²) in [5.74, 6) is 0. The number of hydrogen-bond acceptors (Lipinski definition) is 0. The molecule has 1 heterocycles. The Labute approximate surface area is 87.2 Å². The van der Waals surface area contributed by atoms with Crippen molar-refractivity contribution in [1.29, 1.82) is 0 Å². The Bertz CT molecular complexity index is 732. The third-order valence-corrected chi connectivity index (χ3v) is 3.21. The third kappa shape index (κ3) is 0.711. The van der Waals surface area contributed by atoms with Crippen molar-refractivity contribution in [2.24, 2.45) is 0 Å². The van der Waals surface area contributed by atoms with Gasteiger partial charge in [-0.2, -0.15) is 0 Å². The molecular formula is C14H9N. The van der Waals surface area contributed by atoms with Crippen molar-refractivity contribution < 1.29 is 0 Å². The Morgan fingerprint density at radius 1 is 1.07 bits per heavy atom. The van der Waals surface area contributed by atoms with Gasteiger partial charge >= 0.3 is 0 Å². The van der Waals surface area contributed by atoms with Crippen molar-refractivity contribution in [2.75, 3.05) is 0 Å². The molecule has 1 aromatic carbocycles. The number of hydrogen-bond donors (Lipinski definition) is 0. The maximum absolute atomic E-state index is 3.90. The van der Waals surface area contributed by atoms with Crippen molar-refractivity contribution in [3.05, 3.63) is 43.0 Å². The van der Waals surface area contributed by atoms with Gasteiger partial charge in [0.05, 0.1) is 11.0 Å². The first kappa shape index (κ1) is 7.30. The zero-order valence-electron chi connectivity index (χ0n) is 8.20. The zero-order valence-corrected chi connectivity index (χ0v) is 8.20. The van der Waals surface area contributed by atoms with Gasteiger partial charge in [-0.1, -0.05) is 24.8 Å². The monoisotopic (exact) mass is 191 g/mol. The Hall–Kier alpha value is -2.02. The van der Waals surface area contributed by atoms with Crippen molar-refractivity contribution in [1.82, 2.24) is 4.57 Å². The number of para-hydroxylation sites is 1. The predicted molar refractivity (Wildman–Crippen MR) is 64.8 cm³/mol. The molecule has 1 nitrogen and oxygen atoms in total. The highest BCUT2D eigenvalue weighted by Crippen LogP contribution is 2.46. The van der Waals surface area contributed by atoms with Crippen molar-refractivity contribution in [2.45, 2.75) is 0 Å². The van der Waals surface area contributed by atoms with E-state index < -0.39 is 0 Å². The fourth-order valence-corrected chi connectivity index (χ4v) is 2.50. The molecule has 0 saturated carbocycles. The molecule has 0 radical (unpaired) electrons. The predicted octanol–water partition coefficient (Wildman–Crippen LogP) is 3.88. The van der Waals surface area contributed by atoms with E-state index in [0.717, 1.165) is 0 Å². The standard InChI is InChI=1S/C14H9N/c1-2-15-13-6-4-3-5-10(13)12-8-9-7-11(9)14(12)15/h2-8H,1H2. The van der Waals surface area contributed by atoms with E-state index in [-0.39, 0.29) is 0 Å². The topological polar surface area (TPSA) is 4.93 Å². The summed E-state index contributed by atoms with van der Waals surface area (Å²) in [4.78, 5) is 0. The summed E-state index contributed by atoms with van der Waals surface area (Å²) in [6.07, 6.45) is 1.90. The van der Waals surface area contributed by atoms with Gasteiger partial charge in [-0.15, -0.1) is 0 Å². The van der Waals surface area contributed by atoms with Crippen molar-refractivity contribution in [3.8, 4) is 11.1 Å². The molecule has 0 amide bonds. The van der Waals surface area contributed by atoms with Crippen LogP contribution in [0.3, 0.4) is 0 Å². The Kier molecular flexibility index (Phi) is 1.04. The second-order valence-electron chi connectivity index (χ2n) is 3.99. The van der Waals surface area contributed by atoms with E-state index in [2.05, 4.69) is 47.5 Å². The largest absolute Gasteiger partial charge is 0.316 e. The first-order valence-electron chi connectivity index (χ1n) is 5.10. The molecule has 70 valence electrons. The highest BCUT2D eigenvalue weighted by Gasteiger charge is 2.22. The summed E-state index contributed by atoms with van der Waals surface area (Å²) in [6.45, 7) is 3.90. The fourth-order valence-electron chi connectivity index (χ4n) is 2.50. The number of nitrogens with zero attached hydrogens (tertiary/aromatic N) is 1. The third-order valence-electron chi connectivity index (χ3n) is 3.21. The second kappa shape index (κ2) is 2.14. The lowest BCUT2D eigenvalue weighted by molar-refractivity contribution is 1.31. The van der Waals surface area contributed by atoms with Gasteiger partial charge in [-0.3, -0.25) is 0 Å². The molecule has 2 aliphatic carbocycles. The van der Waals surface area contributed by atoms with Gasteiger partial charge in [-0.25, -0.2) is 0 Å². The average Bonchev–Trinajstić information content (AvgIpc) is 2.82. The van der Waals surface area contributed by atoms with Gasteiger partial charge in [-0.05, 0) is 23.8 Å². The molecule has 4 rings (SSSR count). The summed E-state index contributed by atoms with van der Waals surface area (Å²) in [5, 5.41) is 2.69. The molecule has 0 bridgehead atoms. The minimum Gasteiger partial charge on any atom is -0.316 e. The molecule has 1 heteroatoms. The van der Waals surface area contributed by atoms with Crippen LogP contribution < -0.4 is 0 Å². The molecule has 2 aromatic rings. The molecule has 0 fully saturated rings. The summed E-state index contributed by atoms with van der Waals surface area (Å²) in [5.41, 5.74) is 5.35. The van der Waals surface area contributed by atoms with Crippen LogP contribution in [0, 0.1) is 0 Å². The molecule has 0 atom stereocenters. The molecule has 0 saturated heterocycles. The van der Waals surface area contributed by atoms with E-state index in [1.165, 1.54) is 32.9 Å². The van der Waals surface area contributed by atoms with Crippen molar-refractivity contribution in [3.63, 3.8) is 0 Å². The van der Waals surface area contributed by atoms with Gasteiger partial charge < -0.3 is 4.57 Å². The molecular weight excluding hydrogens is 182 g/mol. The van der Waals surface area contributed by atoms with E-state index in [1.54, 1.807) is 0 Å². The highest BCUT2D eigenvalue weighted by molar-refractivity contribution is 6.20. The van der Waals surface area contributed by atoms with Gasteiger partial charge in [0.25, 0.3) is 0 Å². The summed E-state index contributed by atoms with van der Waals surface area (Å²) >= 11 is 0. The van der Waals surface area contributed by atoms with Crippen molar-refractivity contribution >= 4 is 28.0 Å². The Morgan fingerprint density at radius 3 is 2.80 bits per heavy atom. The first-order chi connectivity index (χ1) is 7.40. The van der Waals surface area contributed by atoms with Crippen LogP contribution in [0.1, 0.15) is 0 Å². The molecule has 0 spiro atoms. The van der Waals surface area contributed by atoms with Crippen LogP contribution in [-0.4, -0.2) is 4.57 Å². The van der Waals surface area contributed by atoms with E-state index in [1.807, 2.05) is 6.20 Å². The molecule has 15 heavy (non-hydrogen) atoms. The summed E-state index contributed by atoms with van der Waals surface area (Å²) in [6, 6.07) is 13.0. The quantitative estimate of drug-likeness (QED) is 0.430. The van der Waals surface area contributed by atoms with Gasteiger partial charge in [0.1, 0.15) is 0 Å². The zero-order chi connectivity index (χ0) is 9.99. The SMILES string of the molecule is C=Cn1c2ccccc2c2cc3cc-3c21. The minimum absolute atomic E-state index is 1.25. The minimum atomic E-state index is 1.25. The Balaban J connectivity index is 2.40. The van der Waals surface area contributed by atoms with Crippen LogP contribution in [0.15, 0.2) is 43.0 Å². The van der Waals surface area contributed by atoms with Crippen LogP contribution in [-0.2, 0) is 0 Å². The Morgan fingerprint density at radius 2 is 1.93 bits per heavy atom. The lowest BCUT2D eigenvalue weighted by Gasteiger charge is -1.97. The van der Waals surface area contributed by atoms with Gasteiger partial charge in [0, 0.05) is 22.5 Å². The second-order valence-corrected chi connectivity index (χ2v) is 3.99. The van der Waals surface area contributed by atoms with E-state index in [4.69, 9.17) is 0 Å². The molecule has 0 aliphatic heterocycles. The van der Waals surface area contributed by atoms with Gasteiger partial charge in [0.2, 0.25) is 0 Å². The lowest BCUT2D eigenvalue weighted by Crippen LogP contribution is -1.82. The molecule has 0 N–H and O–H groups in total. The molecule has 0 unspecified atom stereocenters. The number of rotatable bonds is 1.